The molecule has 0 atom stereocenters. The van der Waals surface area contributed by atoms with Gasteiger partial charge in [0.15, 0.2) is 6.61 Å². The van der Waals surface area contributed by atoms with Gasteiger partial charge in [-0.3, -0.25) is 9.59 Å². The van der Waals surface area contributed by atoms with Crippen LogP contribution in [0.3, 0.4) is 0 Å². The summed E-state index contributed by atoms with van der Waals surface area (Å²) in [5.41, 5.74) is 1.46. The fraction of sp³-hybridized carbons (Fsp3) is 0.200. The molecule has 0 heterocycles. The van der Waals surface area contributed by atoms with Crippen molar-refractivity contribution >= 4 is 23.4 Å². The second kappa shape index (κ2) is 10.4. The molecule has 2 rings (SSSR count). The second-order valence-electron chi connectivity index (χ2n) is 5.88. The molecule has 0 fully saturated rings. The molecule has 0 saturated carbocycles. The Hall–Kier alpha value is -2.90. The maximum absolute atomic E-state index is 13.3. The zero-order valence-corrected chi connectivity index (χ0v) is 15.8. The van der Waals surface area contributed by atoms with Crippen molar-refractivity contribution in [1.82, 2.24) is 10.6 Å². The molecule has 2 aromatic rings. The largest absolute Gasteiger partial charge is 0.484 e. The van der Waals surface area contributed by atoms with Gasteiger partial charge in [-0.2, -0.15) is 0 Å². The maximum atomic E-state index is 13.3. The van der Waals surface area contributed by atoms with E-state index < -0.39 is 11.7 Å². The van der Waals surface area contributed by atoms with Gasteiger partial charge < -0.3 is 20.5 Å². The van der Waals surface area contributed by atoms with Gasteiger partial charge in [-0.25, -0.2) is 4.39 Å². The number of hydrogen-bond donors (Lipinski definition) is 3. The number of hydrogen-bond acceptors (Lipinski definition) is 4. The molecule has 6 nitrogen and oxygen atoms in total. The number of ether oxygens (including phenoxy) is 1. The smallest absolute Gasteiger partial charge is 0.257 e. The molecule has 0 aliphatic rings. The summed E-state index contributed by atoms with van der Waals surface area (Å²) >= 11 is 5.57. The Morgan fingerprint density at radius 1 is 1.21 bits per heavy atom. The molecule has 0 aliphatic heterocycles. The zero-order chi connectivity index (χ0) is 20.5. The molecule has 3 N–H and O–H groups in total. The van der Waals surface area contributed by atoms with E-state index >= 15 is 0 Å². The lowest BCUT2D eigenvalue weighted by Gasteiger charge is -2.11. The number of rotatable bonds is 9. The number of nitrogens with one attached hydrogen (secondary N) is 2. The van der Waals surface area contributed by atoms with E-state index in [1.807, 2.05) is 0 Å². The Morgan fingerprint density at radius 3 is 2.71 bits per heavy atom. The molecule has 2 aromatic carbocycles. The molecular weight excluding hydrogens is 387 g/mol. The van der Waals surface area contributed by atoms with Crippen molar-refractivity contribution in [2.24, 2.45) is 0 Å². The average molecular weight is 407 g/mol. The summed E-state index contributed by atoms with van der Waals surface area (Å²) in [7, 11) is 0. The predicted octanol–water partition coefficient (Wildman–Crippen LogP) is 2.80. The number of halogens is 2. The van der Waals surface area contributed by atoms with E-state index in [4.69, 9.17) is 21.4 Å². The topological polar surface area (TPSA) is 87.7 Å². The molecule has 0 radical (unpaired) electrons. The van der Waals surface area contributed by atoms with E-state index in [1.54, 1.807) is 24.3 Å². The fourth-order valence-corrected chi connectivity index (χ4v) is 2.34. The van der Waals surface area contributed by atoms with E-state index in [0.29, 0.717) is 23.2 Å². The minimum Gasteiger partial charge on any atom is -0.484 e. The average Bonchev–Trinajstić information content (AvgIpc) is 2.68. The van der Waals surface area contributed by atoms with Crippen LogP contribution >= 0.6 is 11.6 Å². The summed E-state index contributed by atoms with van der Waals surface area (Å²) < 4.78 is 18.5. The van der Waals surface area contributed by atoms with Gasteiger partial charge in [0.2, 0.25) is 0 Å². The predicted molar refractivity (Wildman–Crippen MR) is 104 cm³/mol. The first-order valence-corrected chi connectivity index (χ1v) is 8.80. The van der Waals surface area contributed by atoms with Crippen molar-refractivity contribution in [3.8, 4) is 5.75 Å². The van der Waals surface area contributed by atoms with Crippen molar-refractivity contribution in [2.45, 2.75) is 13.0 Å². The summed E-state index contributed by atoms with van der Waals surface area (Å²) in [5, 5.41) is 14.3. The van der Waals surface area contributed by atoms with Gasteiger partial charge in [0.25, 0.3) is 11.8 Å². The molecule has 8 heteroatoms. The highest BCUT2D eigenvalue weighted by Crippen LogP contribution is 2.20. The third kappa shape index (κ3) is 6.68. The second-order valence-corrected chi connectivity index (χ2v) is 6.29. The first-order valence-electron chi connectivity index (χ1n) is 8.42. The fourth-order valence-electron chi connectivity index (χ4n) is 2.23. The number of aliphatic hydroxyl groups is 1. The lowest BCUT2D eigenvalue weighted by atomic mass is 10.1. The van der Waals surface area contributed by atoms with Crippen LogP contribution in [0.1, 0.15) is 22.3 Å². The van der Waals surface area contributed by atoms with Crippen molar-refractivity contribution < 1.29 is 23.8 Å². The Morgan fingerprint density at radius 2 is 2.00 bits per heavy atom. The summed E-state index contributed by atoms with van der Waals surface area (Å²) in [6.45, 7) is 3.56. The normalized spacial score (nSPS) is 10.2. The Bertz CT molecular complexity index is 873. The van der Waals surface area contributed by atoms with Gasteiger partial charge >= 0.3 is 0 Å². The summed E-state index contributed by atoms with van der Waals surface area (Å²) in [4.78, 5) is 23.9. The zero-order valence-electron chi connectivity index (χ0n) is 15.0. The van der Waals surface area contributed by atoms with Gasteiger partial charge in [0.1, 0.15) is 11.6 Å². The number of carbonyl (C=O) groups excluding carboxylic acids is 2. The SMILES string of the molecule is C=C(CCNC(=O)COc1ccc(Cl)c(F)c1)NC(=O)c1cccc(CO)c1. The van der Waals surface area contributed by atoms with Crippen LogP contribution in [0.25, 0.3) is 0 Å². The van der Waals surface area contributed by atoms with Crippen LogP contribution < -0.4 is 15.4 Å². The Kier molecular flexibility index (Phi) is 7.98. The summed E-state index contributed by atoms with van der Waals surface area (Å²) in [6.07, 6.45) is 0.326. The molecule has 0 aliphatic carbocycles. The van der Waals surface area contributed by atoms with Crippen molar-refractivity contribution in [3.63, 3.8) is 0 Å². The molecule has 2 amide bonds. The van der Waals surface area contributed by atoms with Crippen LogP contribution in [0.2, 0.25) is 5.02 Å². The molecule has 0 aromatic heterocycles. The first-order chi connectivity index (χ1) is 13.4. The molecule has 0 saturated heterocycles. The van der Waals surface area contributed by atoms with Crippen LogP contribution in [0.4, 0.5) is 4.39 Å². The van der Waals surface area contributed by atoms with Crippen LogP contribution in [-0.2, 0) is 11.4 Å². The van der Waals surface area contributed by atoms with Gasteiger partial charge in [-0.15, -0.1) is 0 Å². The third-order valence-electron chi connectivity index (χ3n) is 3.67. The molecule has 28 heavy (non-hydrogen) atoms. The quantitative estimate of drug-likeness (QED) is 0.597. The number of carbonyl (C=O) groups is 2. The summed E-state index contributed by atoms with van der Waals surface area (Å²) in [5.74, 6) is -1.18. The molecular formula is C20H20ClFN2O4. The number of aliphatic hydroxyl groups excluding tert-OH is 1. The van der Waals surface area contributed by atoms with Crippen LogP contribution in [-0.4, -0.2) is 30.1 Å². The number of amides is 2. The van der Waals surface area contributed by atoms with Crippen molar-refractivity contribution in [3.05, 3.63) is 76.7 Å². The molecule has 148 valence electrons. The lowest BCUT2D eigenvalue weighted by molar-refractivity contribution is -0.123. The van der Waals surface area contributed by atoms with Gasteiger partial charge in [-0.05, 0) is 29.8 Å². The van der Waals surface area contributed by atoms with Crippen LogP contribution in [0.15, 0.2) is 54.7 Å². The third-order valence-corrected chi connectivity index (χ3v) is 3.98. The minimum atomic E-state index is -0.629. The maximum Gasteiger partial charge on any atom is 0.257 e. The highest BCUT2D eigenvalue weighted by molar-refractivity contribution is 6.30. The lowest BCUT2D eigenvalue weighted by Crippen LogP contribution is -2.31. The first kappa shape index (κ1) is 21.4. The van der Waals surface area contributed by atoms with Gasteiger partial charge in [0, 0.05) is 30.3 Å². The molecule has 0 spiro atoms. The van der Waals surface area contributed by atoms with E-state index in [-0.39, 0.29) is 36.4 Å². The van der Waals surface area contributed by atoms with E-state index in [0.717, 1.165) is 6.07 Å². The van der Waals surface area contributed by atoms with Crippen LogP contribution in [0, 0.1) is 5.82 Å². The van der Waals surface area contributed by atoms with E-state index in [2.05, 4.69) is 17.2 Å². The highest BCUT2D eigenvalue weighted by Gasteiger charge is 2.09. The Labute approximate surface area is 167 Å². The minimum absolute atomic E-state index is 0.0274. The highest BCUT2D eigenvalue weighted by atomic mass is 35.5. The van der Waals surface area contributed by atoms with E-state index in [9.17, 15) is 14.0 Å². The number of benzene rings is 2. The van der Waals surface area contributed by atoms with Gasteiger partial charge in [0.05, 0.1) is 11.6 Å². The van der Waals surface area contributed by atoms with Crippen molar-refractivity contribution in [2.75, 3.05) is 13.2 Å². The van der Waals surface area contributed by atoms with Crippen LogP contribution in [0.5, 0.6) is 5.75 Å². The molecule has 0 unspecified atom stereocenters. The summed E-state index contributed by atoms with van der Waals surface area (Å²) in [6, 6.07) is 10.5. The van der Waals surface area contributed by atoms with E-state index in [1.165, 1.54) is 12.1 Å². The van der Waals surface area contributed by atoms with Gasteiger partial charge in [-0.1, -0.05) is 30.3 Å². The standard InChI is InChI=1S/C20H20ClFN2O4/c1-13(24-20(27)15-4-2-3-14(9-15)11-25)7-8-23-19(26)12-28-16-5-6-17(21)18(22)10-16/h2-6,9-10,25H,1,7-8,11-12H2,(H,23,26)(H,24,27). The Balaban J connectivity index is 1.70. The monoisotopic (exact) mass is 406 g/mol. The van der Waals surface area contributed by atoms with Crippen molar-refractivity contribution in [1.29, 1.82) is 0 Å². The molecule has 0 bridgehead atoms.